The number of ether oxygens (including phenoxy) is 1. The van der Waals surface area contributed by atoms with Gasteiger partial charge >= 0.3 is 0 Å². The third-order valence-corrected chi connectivity index (χ3v) is 4.53. The molecule has 0 unspecified atom stereocenters. The molecule has 0 atom stereocenters. The average molecular weight is 417 g/mol. The molecule has 2 aromatic rings. The summed E-state index contributed by atoms with van der Waals surface area (Å²) in [6, 6.07) is 14.1. The minimum atomic E-state index is -0.503. The van der Waals surface area contributed by atoms with Gasteiger partial charge in [-0.05, 0) is 42.3 Å². The van der Waals surface area contributed by atoms with E-state index < -0.39 is 5.91 Å². The number of benzene rings is 2. The summed E-state index contributed by atoms with van der Waals surface area (Å²) in [5.74, 6) is -0.0820. The molecule has 0 aliphatic carbocycles. The lowest BCUT2D eigenvalue weighted by Gasteiger charge is -2.11. The molecule has 0 spiro atoms. The number of nitrogens with zero attached hydrogens (tertiary/aromatic N) is 1. The van der Waals surface area contributed by atoms with Crippen LogP contribution in [0.3, 0.4) is 0 Å². The Morgan fingerprint density at radius 1 is 1.14 bits per heavy atom. The van der Waals surface area contributed by atoms with Crippen molar-refractivity contribution in [1.82, 2.24) is 0 Å². The molecule has 0 heterocycles. The van der Waals surface area contributed by atoms with Crippen molar-refractivity contribution in [2.75, 3.05) is 11.9 Å². The van der Waals surface area contributed by atoms with Crippen LogP contribution in [0.4, 0.5) is 5.69 Å². The largest absolute Gasteiger partial charge is 0.490 e. The lowest BCUT2D eigenvalue weighted by molar-refractivity contribution is -0.112. The second-order valence-electron chi connectivity index (χ2n) is 6.21. The van der Waals surface area contributed by atoms with Gasteiger partial charge in [-0.25, -0.2) is 0 Å². The zero-order valence-electron chi connectivity index (χ0n) is 15.7. The maximum Gasteiger partial charge on any atom is 0.266 e. The van der Waals surface area contributed by atoms with Crippen LogP contribution in [0, 0.1) is 11.3 Å². The zero-order chi connectivity index (χ0) is 20.4. The summed E-state index contributed by atoms with van der Waals surface area (Å²) >= 11 is 12.6. The number of anilines is 1. The van der Waals surface area contributed by atoms with Crippen LogP contribution in [0.15, 0.2) is 48.0 Å². The van der Waals surface area contributed by atoms with Gasteiger partial charge in [-0.2, -0.15) is 5.26 Å². The van der Waals surface area contributed by atoms with Gasteiger partial charge in [-0.3, -0.25) is 4.79 Å². The molecule has 6 heteroatoms. The first-order valence-corrected chi connectivity index (χ1v) is 9.90. The number of carbonyl (C=O) groups excluding carboxylic acids is 1. The van der Waals surface area contributed by atoms with Crippen molar-refractivity contribution < 1.29 is 9.53 Å². The molecule has 0 fully saturated rings. The van der Waals surface area contributed by atoms with Gasteiger partial charge in [0, 0.05) is 5.69 Å². The molecule has 146 valence electrons. The molecule has 0 radical (unpaired) electrons. The van der Waals surface area contributed by atoms with Gasteiger partial charge in [0.1, 0.15) is 11.6 Å². The smallest absolute Gasteiger partial charge is 0.266 e. The standard InChI is InChI=1S/C22H22Cl2N2O2/c1-2-3-4-8-11-28-21-19(23)13-16(14-20(21)24)12-17(15-25)22(27)26-18-9-6-5-7-10-18/h5-7,9-10,12-14H,2-4,8,11H2,1H3,(H,26,27)/b17-12+. The van der Waals surface area contributed by atoms with E-state index in [1.165, 1.54) is 6.08 Å². The number of rotatable bonds is 9. The summed E-state index contributed by atoms with van der Waals surface area (Å²) < 4.78 is 5.70. The summed E-state index contributed by atoms with van der Waals surface area (Å²) in [6.07, 6.45) is 5.79. The Hall–Kier alpha value is -2.48. The summed E-state index contributed by atoms with van der Waals surface area (Å²) in [6.45, 7) is 2.69. The highest BCUT2D eigenvalue weighted by Crippen LogP contribution is 2.35. The number of unbranched alkanes of at least 4 members (excludes halogenated alkanes) is 3. The lowest BCUT2D eigenvalue weighted by atomic mass is 10.1. The topological polar surface area (TPSA) is 62.1 Å². The van der Waals surface area contributed by atoms with Gasteiger partial charge in [0.25, 0.3) is 5.91 Å². The summed E-state index contributed by atoms with van der Waals surface area (Å²) in [7, 11) is 0. The second kappa shape index (κ2) is 11.4. The van der Waals surface area contributed by atoms with E-state index in [9.17, 15) is 10.1 Å². The molecule has 0 aromatic heterocycles. The van der Waals surface area contributed by atoms with Gasteiger partial charge in [0.05, 0.1) is 16.7 Å². The van der Waals surface area contributed by atoms with Crippen LogP contribution in [-0.2, 0) is 4.79 Å². The molecule has 2 aromatic carbocycles. The van der Waals surface area contributed by atoms with E-state index >= 15 is 0 Å². The molecule has 2 rings (SSSR count). The molecule has 0 aliphatic rings. The lowest BCUT2D eigenvalue weighted by Crippen LogP contribution is -2.13. The summed E-state index contributed by atoms with van der Waals surface area (Å²) in [5.41, 5.74) is 1.11. The van der Waals surface area contributed by atoms with Crippen molar-refractivity contribution in [3.63, 3.8) is 0 Å². The van der Waals surface area contributed by atoms with Crippen LogP contribution in [0.25, 0.3) is 6.08 Å². The highest BCUT2D eigenvalue weighted by Gasteiger charge is 2.13. The molecule has 28 heavy (non-hydrogen) atoms. The Kier molecular flexibility index (Phi) is 8.87. The van der Waals surface area contributed by atoms with E-state index in [1.54, 1.807) is 36.4 Å². The molecule has 1 amide bonds. The average Bonchev–Trinajstić information content (AvgIpc) is 2.68. The van der Waals surface area contributed by atoms with Crippen molar-refractivity contribution in [3.8, 4) is 11.8 Å². The normalized spacial score (nSPS) is 11.0. The predicted molar refractivity (Wildman–Crippen MR) is 115 cm³/mol. The monoisotopic (exact) mass is 416 g/mol. The molecule has 4 nitrogen and oxygen atoms in total. The number of hydrogen-bond donors (Lipinski definition) is 1. The third kappa shape index (κ3) is 6.60. The quantitative estimate of drug-likeness (QED) is 0.288. The van der Waals surface area contributed by atoms with E-state index in [4.69, 9.17) is 27.9 Å². The van der Waals surface area contributed by atoms with Crippen LogP contribution < -0.4 is 10.1 Å². The van der Waals surface area contributed by atoms with Crippen molar-refractivity contribution in [1.29, 1.82) is 5.26 Å². The van der Waals surface area contributed by atoms with Gasteiger partial charge < -0.3 is 10.1 Å². The van der Waals surface area contributed by atoms with E-state index in [1.807, 2.05) is 12.1 Å². The Morgan fingerprint density at radius 3 is 2.43 bits per heavy atom. The number of nitriles is 1. The number of hydrogen-bond acceptors (Lipinski definition) is 3. The minimum Gasteiger partial charge on any atom is -0.490 e. The Morgan fingerprint density at radius 2 is 1.82 bits per heavy atom. The molecule has 0 aliphatic heterocycles. The zero-order valence-corrected chi connectivity index (χ0v) is 17.2. The number of nitrogens with one attached hydrogen (secondary N) is 1. The molecular weight excluding hydrogens is 395 g/mol. The van der Waals surface area contributed by atoms with Crippen molar-refractivity contribution in [2.45, 2.75) is 32.6 Å². The summed E-state index contributed by atoms with van der Waals surface area (Å²) in [5, 5.41) is 12.7. The number of carbonyl (C=O) groups is 1. The van der Waals surface area contributed by atoms with E-state index in [2.05, 4.69) is 12.2 Å². The van der Waals surface area contributed by atoms with E-state index in [0.717, 1.165) is 25.7 Å². The van der Waals surface area contributed by atoms with E-state index in [-0.39, 0.29) is 5.57 Å². The highest BCUT2D eigenvalue weighted by molar-refractivity contribution is 6.37. The first-order chi connectivity index (χ1) is 13.5. The van der Waals surface area contributed by atoms with Gasteiger partial charge in [0.2, 0.25) is 0 Å². The number of para-hydroxylation sites is 1. The number of amides is 1. The fourth-order valence-electron chi connectivity index (χ4n) is 2.54. The SMILES string of the molecule is CCCCCCOc1c(Cl)cc(/C=C(\C#N)C(=O)Nc2ccccc2)cc1Cl. The van der Waals surface area contributed by atoms with E-state index in [0.29, 0.717) is 33.7 Å². The Labute approximate surface area is 175 Å². The first-order valence-electron chi connectivity index (χ1n) is 9.15. The second-order valence-corrected chi connectivity index (χ2v) is 7.03. The maximum atomic E-state index is 12.3. The molecule has 0 saturated heterocycles. The predicted octanol–water partition coefficient (Wildman–Crippen LogP) is 6.50. The van der Waals surface area contributed by atoms with Crippen LogP contribution in [0.5, 0.6) is 5.75 Å². The van der Waals surface area contributed by atoms with Gasteiger partial charge in [-0.1, -0.05) is 67.6 Å². The number of halogens is 2. The van der Waals surface area contributed by atoms with Crippen LogP contribution in [-0.4, -0.2) is 12.5 Å². The molecule has 0 bridgehead atoms. The Bertz CT molecular complexity index is 851. The van der Waals surface area contributed by atoms with Gasteiger partial charge in [-0.15, -0.1) is 0 Å². The minimum absolute atomic E-state index is 0.0516. The van der Waals surface area contributed by atoms with Crippen molar-refractivity contribution in [2.24, 2.45) is 0 Å². The van der Waals surface area contributed by atoms with Crippen LogP contribution >= 0.6 is 23.2 Å². The van der Waals surface area contributed by atoms with Crippen molar-refractivity contribution in [3.05, 3.63) is 63.6 Å². The fourth-order valence-corrected chi connectivity index (χ4v) is 3.15. The third-order valence-electron chi connectivity index (χ3n) is 3.97. The Balaban J connectivity index is 2.10. The van der Waals surface area contributed by atoms with Crippen LogP contribution in [0.1, 0.15) is 38.2 Å². The summed E-state index contributed by atoms with van der Waals surface area (Å²) in [4.78, 5) is 12.3. The van der Waals surface area contributed by atoms with Gasteiger partial charge in [0.15, 0.2) is 5.75 Å². The molecule has 0 saturated carbocycles. The highest BCUT2D eigenvalue weighted by atomic mass is 35.5. The van der Waals surface area contributed by atoms with Crippen LogP contribution in [0.2, 0.25) is 10.0 Å². The molecular formula is C22H22Cl2N2O2. The molecule has 1 N–H and O–H groups in total. The fraction of sp³-hybridized carbons (Fsp3) is 0.273. The first kappa shape index (κ1) is 21.8. The maximum absolute atomic E-state index is 12.3. The van der Waals surface area contributed by atoms with Crippen molar-refractivity contribution >= 4 is 40.9 Å².